The van der Waals surface area contributed by atoms with Crippen LogP contribution in [0, 0.1) is 0 Å². The van der Waals surface area contributed by atoms with Gasteiger partial charge in [-0.1, -0.05) is 6.08 Å². The predicted molar refractivity (Wildman–Crippen MR) is 87.0 cm³/mol. The second kappa shape index (κ2) is 9.47. The molecule has 2 atom stereocenters. The lowest BCUT2D eigenvalue weighted by Crippen LogP contribution is -2.56. The summed E-state index contributed by atoms with van der Waals surface area (Å²) in [5, 5.41) is 11.4. The van der Waals surface area contributed by atoms with Crippen LogP contribution in [0.2, 0.25) is 0 Å². The Kier molecular flexibility index (Phi) is 7.97. The first-order valence-electron chi connectivity index (χ1n) is 7.24. The molecule has 0 radical (unpaired) electrons. The summed E-state index contributed by atoms with van der Waals surface area (Å²) in [6.07, 6.45) is 2.07. The van der Waals surface area contributed by atoms with E-state index < -0.39 is 0 Å². The molecule has 4 N–H and O–H groups in total. The normalized spacial score (nSPS) is 21.1. The number of amides is 3. The molecule has 2 unspecified atom stereocenters. The molecule has 0 aromatic carbocycles. The molecule has 1 heterocycles. The van der Waals surface area contributed by atoms with Gasteiger partial charge in [0, 0.05) is 31.5 Å². The molecular weight excluding hydrogens is 304 g/mol. The third-order valence-corrected chi connectivity index (χ3v) is 3.83. The van der Waals surface area contributed by atoms with Gasteiger partial charge in [-0.2, -0.15) is 0 Å². The van der Waals surface area contributed by atoms with E-state index in [2.05, 4.69) is 27.8 Å². The minimum absolute atomic E-state index is 0.0816. The standard InChI is InChI=1S/C14H24N4O3S/c1-4-5-15-11(19)6-10-7-12(20)18-14(17-10)22-8-13(21)16-9(2)3/h4,9-10,14,17H,1,5-8H2,2-3H3,(H,15,19)(H,16,21)(H,18,20). The molecule has 0 aromatic rings. The number of nitrogens with one attached hydrogen (secondary N) is 4. The number of rotatable bonds is 8. The molecule has 1 aliphatic rings. The first-order chi connectivity index (χ1) is 10.4. The highest BCUT2D eigenvalue weighted by molar-refractivity contribution is 8.00. The van der Waals surface area contributed by atoms with E-state index in [4.69, 9.17) is 0 Å². The molecule has 7 nitrogen and oxygen atoms in total. The fraction of sp³-hybridized carbons (Fsp3) is 0.643. The van der Waals surface area contributed by atoms with Crippen molar-refractivity contribution >= 4 is 29.5 Å². The van der Waals surface area contributed by atoms with E-state index in [-0.39, 0.29) is 53.9 Å². The number of carbonyl (C=O) groups is 3. The van der Waals surface area contributed by atoms with E-state index in [1.807, 2.05) is 13.8 Å². The molecule has 124 valence electrons. The maximum atomic E-state index is 11.7. The van der Waals surface area contributed by atoms with Gasteiger partial charge in [-0.3, -0.25) is 19.7 Å². The van der Waals surface area contributed by atoms with Crippen LogP contribution in [0.5, 0.6) is 0 Å². The van der Waals surface area contributed by atoms with Crippen LogP contribution < -0.4 is 21.3 Å². The lowest BCUT2D eigenvalue weighted by atomic mass is 10.1. The fourth-order valence-corrected chi connectivity index (χ4v) is 2.87. The highest BCUT2D eigenvalue weighted by Crippen LogP contribution is 2.13. The second-order valence-corrected chi connectivity index (χ2v) is 6.44. The van der Waals surface area contributed by atoms with Crippen molar-refractivity contribution in [1.82, 2.24) is 21.3 Å². The third-order valence-electron chi connectivity index (χ3n) is 2.82. The van der Waals surface area contributed by atoms with Crippen molar-refractivity contribution in [1.29, 1.82) is 0 Å². The Morgan fingerprint density at radius 1 is 1.45 bits per heavy atom. The zero-order valence-electron chi connectivity index (χ0n) is 13.0. The Bertz CT molecular complexity index is 428. The first kappa shape index (κ1) is 18.5. The zero-order chi connectivity index (χ0) is 16.5. The van der Waals surface area contributed by atoms with Crippen molar-refractivity contribution in [2.24, 2.45) is 0 Å². The van der Waals surface area contributed by atoms with Crippen LogP contribution in [0.4, 0.5) is 0 Å². The summed E-state index contributed by atoms with van der Waals surface area (Å²) < 4.78 is 0. The van der Waals surface area contributed by atoms with Gasteiger partial charge in [0.2, 0.25) is 17.7 Å². The van der Waals surface area contributed by atoms with Crippen molar-refractivity contribution in [3.8, 4) is 0 Å². The largest absolute Gasteiger partial charge is 0.353 e. The summed E-state index contributed by atoms with van der Waals surface area (Å²) in [5.41, 5.74) is -0.364. The highest BCUT2D eigenvalue weighted by Gasteiger charge is 2.27. The van der Waals surface area contributed by atoms with E-state index in [9.17, 15) is 14.4 Å². The molecule has 1 rings (SSSR count). The van der Waals surface area contributed by atoms with Crippen LogP contribution >= 0.6 is 11.8 Å². The van der Waals surface area contributed by atoms with E-state index in [0.29, 0.717) is 6.54 Å². The Balaban J connectivity index is 2.39. The van der Waals surface area contributed by atoms with Crippen molar-refractivity contribution in [3.63, 3.8) is 0 Å². The number of thioether (sulfide) groups is 1. The van der Waals surface area contributed by atoms with Crippen LogP contribution in [-0.2, 0) is 14.4 Å². The van der Waals surface area contributed by atoms with E-state index in [1.54, 1.807) is 6.08 Å². The average molecular weight is 328 g/mol. The van der Waals surface area contributed by atoms with Crippen LogP contribution in [0.1, 0.15) is 26.7 Å². The molecule has 1 saturated heterocycles. The summed E-state index contributed by atoms with van der Waals surface area (Å²) in [6.45, 7) is 7.72. The van der Waals surface area contributed by atoms with Gasteiger partial charge in [0.05, 0.1) is 5.75 Å². The van der Waals surface area contributed by atoms with Crippen molar-refractivity contribution in [3.05, 3.63) is 12.7 Å². The minimum Gasteiger partial charge on any atom is -0.353 e. The summed E-state index contributed by atoms with van der Waals surface area (Å²) in [6, 6.07) is -0.146. The Labute approximate surface area is 135 Å². The maximum absolute atomic E-state index is 11.7. The summed E-state index contributed by atoms with van der Waals surface area (Å²) in [7, 11) is 0. The molecule has 3 amide bonds. The molecule has 22 heavy (non-hydrogen) atoms. The Hall–Kier alpha value is -1.54. The van der Waals surface area contributed by atoms with Crippen molar-refractivity contribution in [2.75, 3.05) is 12.3 Å². The zero-order valence-corrected chi connectivity index (χ0v) is 13.8. The molecule has 8 heteroatoms. The average Bonchev–Trinajstić information content (AvgIpc) is 2.41. The summed E-state index contributed by atoms with van der Waals surface area (Å²) in [4.78, 5) is 35.0. The Morgan fingerprint density at radius 3 is 2.82 bits per heavy atom. The van der Waals surface area contributed by atoms with Gasteiger partial charge in [0.15, 0.2) is 0 Å². The molecule has 0 aromatic heterocycles. The Morgan fingerprint density at radius 2 is 2.18 bits per heavy atom. The molecule has 0 saturated carbocycles. The van der Waals surface area contributed by atoms with Crippen molar-refractivity contribution in [2.45, 2.75) is 44.3 Å². The number of carbonyl (C=O) groups excluding carboxylic acids is 3. The lowest BCUT2D eigenvalue weighted by Gasteiger charge is -2.30. The van der Waals surface area contributed by atoms with Gasteiger partial charge < -0.3 is 16.0 Å². The molecule has 0 bridgehead atoms. The number of hydrogen-bond acceptors (Lipinski definition) is 5. The summed E-state index contributed by atoms with van der Waals surface area (Å²) >= 11 is 1.30. The molecule has 1 aliphatic heterocycles. The van der Waals surface area contributed by atoms with Gasteiger partial charge in [-0.05, 0) is 13.8 Å². The van der Waals surface area contributed by atoms with Crippen LogP contribution in [0.25, 0.3) is 0 Å². The third kappa shape index (κ3) is 7.46. The first-order valence-corrected chi connectivity index (χ1v) is 8.29. The van der Waals surface area contributed by atoms with E-state index in [1.165, 1.54) is 11.8 Å². The van der Waals surface area contributed by atoms with Gasteiger partial charge in [0.1, 0.15) is 5.50 Å². The van der Waals surface area contributed by atoms with Gasteiger partial charge in [-0.15, -0.1) is 18.3 Å². The van der Waals surface area contributed by atoms with E-state index >= 15 is 0 Å². The van der Waals surface area contributed by atoms with Crippen LogP contribution in [0.15, 0.2) is 12.7 Å². The quantitative estimate of drug-likeness (QED) is 0.459. The molecule has 0 aliphatic carbocycles. The predicted octanol–water partition coefficient (Wildman–Crippen LogP) is -0.302. The molecule has 0 spiro atoms. The van der Waals surface area contributed by atoms with Gasteiger partial charge in [0.25, 0.3) is 0 Å². The maximum Gasteiger partial charge on any atom is 0.230 e. The van der Waals surface area contributed by atoms with Gasteiger partial charge >= 0.3 is 0 Å². The van der Waals surface area contributed by atoms with E-state index in [0.717, 1.165) is 0 Å². The summed E-state index contributed by atoms with van der Waals surface area (Å²) in [5.74, 6) is -0.0942. The van der Waals surface area contributed by atoms with Crippen LogP contribution in [0.3, 0.4) is 0 Å². The topological polar surface area (TPSA) is 99.3 Å². The minimum atomic E-state index is -0.364. The molecular formula is C14H24N4O3S. The molecule has 1 fully saturated rings. The SMILES string of the molecule is C=CCNC(=O)CC1CC(=O)NC(SCC(=O)NC(C)C)N1. The number of hydrogen-bond donors (Lipinski definition) is 4. The lowest BCUT2D eigenvalue weighted by molar-refractivity contribution is -0.125. The van der Waals surface area contributed by atoms with Crippen LogP contribution in [-0.4, -0.2) is 47.6 Å². The monoisotopic (exact) mass is 328 g/mol. The van der Waals surface area contributed by atoms with Gasteiger partial charge in [-0.25, -0.2) is 0 Å². The second-order valence-electron chi connectivity index (χ2n) is 5.35. The fourth-order valence-electron chi connectivity index (χ4n) is 1.97. The van der Waals surface area contributed by atoms with Crippen molar-refractivity contribution < 1.29 is 14.4 Å². The highest BCUT2D eigenvalue weighted by atomic mass is 32.2. The smallest absolute Gasteiger partial charge is 0.230 e.